The zero-order valence-corrected chi connectivity index (χ0v) is 14.8. The van der Waals surface area contributed by atoms with E-state index in [1.165, 1.54) is 17.0 Å². The van der Waals surface area contributed by atoms with Crippen LogP contribution in [0.2, 0.25) is 0 Å². The number of benzene rings is 1. The van der Waals surface area contributed by atoms with Gasteiger partial charge in [0, 0.05) is 30.7 Å². The van der Waals surface area contributed by atoms with Crippen molar-refractivity contribution in [3.63, 3.8) is 0 Å². The topological polar surface area (TPSA) is 46.9 Å². The van der Waals surface area contributed by atoms with Crippen LogP contribution >= 0.6 is 11.3 Å². The molecule has 2 heterocycles. The Kier molecular flexibility index (Phi) is 5.60. The minimum atomic E-state index is -0.468. The van der Waals surface area contributed by atoms with Crippen LogP contribution in [0.15, 0.2) is 54.2 Å². The summed E-state index contributed by atoms with van der Waals surface area (Å²) >= 11 is 1.70. The first-order valence-corrected chi connectivity index (χ1v) is 9.06. The van der Waals surface area contributed by atoms with Crippen molar-refractivity contribution in [1.29, 1.82) is 0 Å². The largest absolute Gasteiger partial charge is 0.342 e. The average Bonchev–Trinajstić information content (AvgIpc) is 3.24. The number of thiophene rings is 1. The molecule has 0 aliphatic heterocycles. The van der Waals surface area contributed by atoms with E-state index in [4.69, 9.17) is 0 Å². The van der Waals surface area contributed by atoms with E-state index in [1.54, 1.807) is 29.7 Å². The van der Waals surface area contributed by atoms with Gasteiger partial charge in [-0.05, 0) is 42.0 Å². The number of carbonyl (C=O) groups is 1. The van der Waals surface area contributed by atoms with Crippen molar-refractivity contribution in [2.45, 2.75) is 25.3 Å². The predicted octanol–water partition coefficient (Wildman–Crippen LogP) is 3.85. The highest BCUT2D eigenvalue weighted by Gasteiger charge is 2.21. The second kappa shape index (κ2) is 8.07. The minimum absolute atomic E-state index is 0.0613. The van der Waals surface area contributed by atoms with E-state index in [9.17, 15) is 9.18 Å². The van der Waals surface area contributed by atoms with Crippen LogP contribution in [-0.4, -0.2) is 15.5 Å². The molecular formula is C19H20FN3OS. The molecule has 3 rings (SSSR count). The quantitative estimate of drug-likeness (QED) is 0.698. The van der Waals surface area contributed by atoms with Gasteiger partial charge >= 0.3 is 0 Å². The molecule has 4 nitrogen and oxygen atoms in total. The molecule has 1 N–H and O–H groups in total. The molecule has 0 saturated carbocycles. The van der Waals surface area contributed by atoms with Gasteiger partial charge in [-0.2, -0.15) is 0 Å². The number of nitrogens with zero attached hydrogens (tertiary/aromatic N) is 2. The highest BCUT2D eigenvalue weighted by atomic mass is 32.1. The SMILES string of the molecule is Cn1ccnc1[C@H](NC(=O)CCCc1cccs1)c1cccc(F)c1. The van der Waals surface area contributed by atoms with E-state index in [1.807, 2.05) is 29.3 Å². The molecule has 6 heteroatoms. The van der Waals surface area contributed by atoms with Crippen molar-refractivity contribution in [2.24, 2.45) is 7.05 Å². The van der Waals surface area contributed by atoms with Crippen LogP contribution in [0, 0.1) is 5.82 Å². The van der Waals surface area contributed by atoms with Crippen LogP contribution in [0.1, 0.15) is 35.1 Å². The molecule has 25 heavy (non-hydrogen) atoms. The Morgan fingerprint density at radius 2 is 2.24 bits per heavy atom. The van der Waals surface area contributed by atoms with Gasteiger partial charge < -0.3 is 9.88 Å². The summed E-state index contributed by atoms with van der Waals surface area (Å²) in [5.74, 6) is 0.287. The van der Waals surface area contributed by atoms with Crippen molar-refractivity contribution >= 4 is 17.2 Å². The number of halogens is 1. The summed E-state index contributed by atoms with van der Waals surface area (Å²) in [5, 5.41) is 5.04. The van der Waals surface area contributed by atoms with Gasteiger partial charge in [-0.1, -0.05) is 18.2 Å². The van der Waals surface area contributed by atoms with Gasteiger partial charge in [-0.3, -0.25) is 4.79 Å². The molecule has 3 aromatic rings. The fourth-order valence-corrected chi connectivity index (χ4v) is 3.50. The summed E-state index contributed by atoms with van der Waals surface area (Å²) < 4.78 is 15.5. The standard InChI is InChI=1S/C19H20FN3OS/c1-23-11-10-21-19(23)18(14-5-2-6-15(20)13-14)22-17(24)9-3-7-16-8-4-12-25-16/h2,4-6,8,10-13,18H,3,7,9H2,1H3,(H,22,24)/t18-/m1/s1. The Balaban J connectivity index is 1.69. The summed E-state index contributed by atoms with van der Waals surface area (Å²) in [4.78, 5) is 18.0. The lowest BCUT2D eigenvalue weighted by Crippen LogP contribution is -2.31. The van der Waals surface area contributed by atoms with Crippen LogP contribution in [0.3, 0.4) is 0 Å². The summed E-state index contributed by atoms with van der Waals surface area (Å²) in [7, 11) is 1.86. The molecule has 2 aromatic heterocycles. The molecule has 0 aliphatic carbocycles. The number of amides is 1. The van der Waals surface area contributed by atoms with E-state index in [0.29, 0.717) is 17.8 Å². The monoisotopic (exact) mass is 357 g/mol. The van der Waals surface area contributed by atoms with Gasteiger partial charge in [0.25, 0.3) is 0 Å². The van der Waals surface area contributed by atoms with Gasteiger partial charge in [0.15, 0.2) is 0 Å². The fraction of sp³-hybridized carbons (Fsp3) is 0.263. The maximum absolute atomic E-state index is 13.6. The number of rotatable bonds is 7. The van der Waals surface area contributed by atoms with Crippen LogP contribution in [0.25, 0.3) is 0 Å². The van der Waals surface area contributed by atoms with Crippen molar-refractivity contribution in [3.8, 4) is 0 Å². The number of nitrogens with one attached hydrogen (secondary N) is 1. The Morgan fingerprint density at radius 1 is 1.36 bits per heavy atom. The second-order valence-corrected chi connectivity index (χ2v) is 6.92. The molecular weight excluding hydrogens is 337 g/mol. The molecule has 0 unspecified atom stereocenters. The van der Waals surface area contributed by atoms with Crippen LogP contribution in [-0.2, 0) is 18.3 Å². The van der Waals surface area contributed by atoms with Gasteiger partial charge in [0.1, 0.15) is 17.7 Å². The molecule has 0 saturated heterocycles. The molecule has 1 aromatic carbocycles. The number of aromatic nitrogens is 2. The molecule has 130 valence electrons. The lowest BCUT2D eigenvalue weighted by Gasteiger charge is -2.19. The number of aryl methyl sites for hydroxylation is 2. The smallest absolute Gasteiger partial charge is 0.220 e. The number of hydrogen-bond donors (Lipinski definition) is 1. The first-order chi connectivity index (χ1) is 12.1. The van der Waals surface area contributed by atoms with Crippen LogP contribution in [0.4, 0.5) is 4.39 Å². The summed E-state index contributed by atoms with van der Waals surface area (Å²) in [6, 6.07) is 9.89. The van der Waals surface area contributed by atoms with E-state index in [0.717, 1.165) is 12.8 Å². The van der Waals surface area contributed by atoms with Gasteiger partial charge in [0.2, 0.25) is 5.91 Å². The first-order valence-electron chi connectivity index (χ1n) is 8.18. The highest BCUT2D eigenvalue weighted by molar-refractivity contribution is 7.09. The van der Waals surface area contributed by atoms with Gasteiger partial charge in [-0.15, -0.1) is 11.3 Å². The minimum Gasteiger partial charge on any atom is -0.342 e. The maximum atomic E-state index is 13.6. The zero-order valence-electron chi connectivity index (χ0n) is 14.0. The lowest BCUT2D eigenvalue weighted by atomic mass is 10.1. The Labute approximate surface area is 150 Å². The van der Waals surface area contributed by atoms with E-state index >= 15 is 0 Å². The molecule has 0 radical (unpaired) electrons. The van der Waals surface area contributed by atoms with Gasteiger partial charge in [-0.25, -0.2) is 9.37 Å². The molecule has 1 amide bonds. The maximum Gasteiger partial charge on any atom is 0.220 e. The van der Waals surface area contributed by atoms with Gasteiger partial charge in [0.05, 0.1) is 0 Å². The molecule has 0 aliphatic rings. The predicted molar refractivity (Wildman–Crippen MR) is 96.9 cm³/mol. The molecule has 0 bridgehead atoms. The summed E-state index contributed by atoms with van der Waals surface area (Å²) in [5.41, 5.74) is 0.681. The first kappa shape index (κ1) is 17.4. The molecule has 1 atom stereocenters. The van der Waals surface area contributed by atoms with E-state index in [2.05, 4.69) is 16.4 Å². The Bertz CT molecular complexity index is 829. The second-order valence-electron chi connectivity index (χ2n) is 5.88. The van der Waals surface area contributed by atoms with Crippen molar-refractivity contribution in [3.05, 3.63) is 76.3 Å². The van der Waals surface area contributed by atoms with Crippen molar-refractivity contribution in [1.82, 2.24) is 14.9 Å². The third-order valence-electron chi connectivity index (χ3n) is 4.01. The van der Waals surface area contributed by atoms with Crippen molar-refractivity contribution in [2.75, 3.05) is 0 Å². The lowest BCUT2D eigenvalue weighted by molar-refractivity contribution is -0.121. The number of hydrogen-bond acceptors (Lipinski definition) is 3. The normalized spacial score (nSPS) is 12.1. The van der Waals surface area contributed by atoms with Crippen LogP contribution in [0.5, 0.6) is 0 Å². The molecule has 0 fully saturated rings. The third-order valence-corrected chi connectivity index (χ3v) is 4.95. The number of imidazole rings is 1. The third kappa shape index (κ3) is 4.54. The number of carbonyl (C=O) groups excluding carboxylic acids is 1. The Hall–Kier alpha value is -2.47. The Morgan fingerprint density at radius 3 is 2.92 bits per heavy atom. The molecule has 0 spiro atoms. The highest BCUT2D eigenvalue weighted by Crippen LogP contribution is 2.21. The van der Waals surface area contributed by atoms with E-state index < -0.39 is 6.04 Å². The van der Waals surface area contributed by atoms with Crippen LogP contribution < -0.4 is 5.32 Å². The van der Waals surface area contributed by atoms with Crippen molar-refractivity contribution < 1.29 is 9.18 Å². The average molecular weight is 357 g/mol. The fourth-order valence-electron chi connectivity index (χ4n) is 2.75. The summed E-state index contributed by atoms with van der Waals surface area (Å²) in [6.07, 6.45) is 5.57. The zero-order chi connectivity index (χ0) is 17.6. The van der Waals surface area contributed by atoms with E-state index in [-0.39, 0.29) is 11.7 Å². The summed E-state index contributed by atoms with van der Waals surface area (Å²) in [6.45, 7) is 0.